The fourth-order valence-corrected chi connectivity index (χ4v) is 0.618. The average Bonchev–Trinajstić information content (AvgIpc) is 2.27. The van der Waals surface area contributed by atoms with Crippen LogP contribution in [0.4, 0.5) is 0 Å². The summed E-state index contributed by atoms with van der Waals surface area (Å²) in [6.45, 7) is -0.760. The molecule has 0 aromatic heterocycles. The molecule has 5 N–H and O–H groups in total. The molecular formula is C6H12ClNaO6. The van der Waals surface area contributed by atoms with Crippen molar-refractivity contribution < 1.29 is 30.3 Å². The third-order valence-corrected chi connectivity index (χ3v) is 1.42. The summed E-state index contributed by atoms with van der Waals surface area (Å²) in [4.78, 5) is 9.90. The van der Waals surface area contributed by atoms with E-state index in [1.807, 2.05) is 0 Å². The van der Waals surface area contributed by atoms with Crippen molar-refractivity contribution in [2.24, 2.45) is 0 Å². The van der Waals surface area contributed by atoms with Crippen LogP contribution in [0.5, 0.6) is 0 Å². The molecule has 0 saturated carbocycles. The number of aliphatic hydroxyl groups is 5. The molecule has 80 valence electrons. The Bertz CT molecular complexity index is 148. The first-order valence-electron chi connectivity index (χ1n) is 3.70. The van der Waals surface area contributed by atoms with E-state index in [0.717, 1.165) is 26.6 Å². The molecule has 0 aromatic carbocycles. The molecule has 8 heteroatoms. The summed E-state index contributed by atoms with van der Waals surface area (Å²) < 4.78 is 0. The van der Waals surface area contributed by atoms with E-state index in [1.165, 1.54) is 0 Å². The van der Waals surface area contributed by atoms with Gasteiger partial charge < -0.3 is 30.3 Å². The first kappa shape index (κ1) is 17.2. The summed E-state index contributed by atoms with van der Waals surface area (Å²) in [5.74, 6) is 0. The van der Waals surface area contributed by atoms with Gasteiger partial charge in [-0.2, -0.15) is 0 Å². The third-order valence-electron chi connectivity index (χ3n) is 1.42. The molecule has 0 fully saturated rings. The predicted molar refractivity (Wildman–Crippen MR) is 48.8 cm³/mol. The van der Waals surface area contributed by atoms with Gasteiger partial charge in [-0.15, -0.1) is 0 Å². The van der Waals surface area contributed by atoms with Gasteiger partial charge in [0, 0.05) is 0 Å². The van der Waals surface area contributed by atoms with E-state index < -0.39 is 31.0 Å². The van der Waals surface area contributed by atoms with E-state index in [-0.39, 0.29) is 6.29 Å². The summed E-state index contributed by atoms with van der Waals surface area (Å²) in [5, 5.41) is 43.5. The predicted octanol–water partition coefficient (Wildman–Crippen LogP) is -3.07. The maximum atomic E-state index is 9.90. The van der Waals surface area contributed by atoms with Gasteiger partial charge in [0.2, 0.25) is 0 Å². The van der Waals surface area contributed by atoms with Crippen molar-refractivity contribution in [3.05, 3.63) is 0 Å². The summed E-state index contributed by atoms with van der Waals surface area (Å²) in [7, 11) is 4.78. The van der Waals surface area contributed by atoms with E-state index in [4.69, 9.17) is 33.4 Å². The number of aliphatic hydroxyl groups excluding tert-OH is 5. The van der Waals surface area contributed by atoms with Crippen LogP contribution in [0, 0.1) is 0 Å². The van der Waals surface area contributed by atoms with E-state index in [0.29, 0.717) is 0 Å². The second-order valence-electron chi connectivity index (χ2n) is 2.36. The molecule has 0 radical (unpaired) electrons. The van der Waals surface area contributed by atoms with Crippen molar-refractivity contribution in [3.63, 3.8) is 0 Å². The van der Waals surface area contributed by atoms with Crippen LogP contribution in [0.15, 0.2) is 0 Å². The van der Waals surface area contributed by atoms with Crippen molar-refractivity contribution in [2.75, 3.05) is 6.61 Å². The van der Waals surface area contributed by atoms with Crippen LogP contribution in [0.25, 0.3) is 0 Å². The van der Waals surface area contributed by atoms with E-state index in [1.54, 1.807) is 0 Å². The molecule has 0 aliphatic rings. The number of aldehydes is 1. The van der Waals surface area contributed by atoms with Crippen LogP contribution in [0.3, 0.4) is 0 Å². The van der Waals surface area contributed by atoms with E-state index in [2.05, 4.69) is 0 Å². The Labute approximate surface area is 102 Å². The third kappa shape index (κ3) is 6.28. The van der Waals surface area contributed by atoms with Gasteiger partial charge in [0.15, 0.2) is 6.29 Å². The first-order valence-corrected chi connectivity index (χ1v) is 6.73. The van der Waals surface area contributed by atoms with Crippen molar-refractivity contribution in [1.82, 2.24) is 0 Å². The van der Waals surface area contributed by atoms with Crippen molar-refractivity contribution in [3.8, 4) is 0 Å². The Kier molecular flexibility index (Phi) is 12.6. The molecule has 14 heavy (non-hydrogen) atoms. The summed E-state index contributed by atoms with van der Waals surface area (Å²) in [6, 6.07) is 0. The zero-order chi connectivity index (χ0) is 11.7. The van der Waals surface area contributed by atoms with Crippen molar-refractivity contribution >= 4 is 40.8 Å². The van der Waals surface area contributed by atoms with Crippen molar-refractivity contribution in [2.45, 2.75) is 24.4 Å². The van der Waals surface area contributed by atoms with Crippen LogP contribution in [0.1, 0.15) is 0 Å². The Morgan fingerprint density at radius 1 is 1.14 bits per heavy atom. The molecule has 0 spiro atoms. The SMILES string of the molecule is O=C[C@@H](O)[C@@H](O)[C@H](O)[C@H](O)CO.[Na][Cl]. The fourth-order valence-electron chi connectivity index (χ4n) is 0.618. The average molecular weight is 239 g/mol. The van der Waals surface area contributed by atoms with Gasteiger partial charge in [-0.05, 0) is 0 Å². The second kappa shape index (κ2) is 10.3. The van der Waals surface area contributed by atoms with Crippen LogP contribution in [-0.2, 0) is 4.79 Å². The molecule has 0 aliphatic heterocycles. The minimum absolute atomic E-state index is 0.0258. The molecule has 0 rings (SSSR count). The van der Waals surface area contributed by atoms with Gasteiger partial charge in [0.25, 0.3) is 0 Å². The topological polar surface area (TPSA) is 118 Å². The molecule has 0 aromatic rings. The summed E-state index contributed by atoms with van der Waals surface area (Å²) >= 11 is 0.778. The number of carbonyl (C=O) groups is 1. The van der Waals surface area contributed by atoms with Gasteiger partial charge in [0.1, 0.15) is 24.4 Å². The number of halogens is 1. The Morgan fingerprint density at radius 2 is 1.57 bits per heavy atom. The summed E-state index contributed by atoms with van der Waals surface area (Å²) in [6.07, 6.45) is -6.84. The van der Waals surface area contributed by atoms with E-state index >= 15 is 0 Å². The maximum absolute atomic E-state index is 9.90. The van der Waals surface area contributed by atoms with Crippen molar-refractivity contribution in [1.29, 1.82) is 0 Å². The molecule has 0 amide bonds. The van der Waals surface area contributed by atoms with E-state index in [9.17, 15) is 4.79 Å². The normalized spacial score (nSPS) is 18.6. The Hall–Kier alpha value is 0.760. The minimum atomic E-state index is -1.79. The number of hydrogen-bond acceptors (Lipinski definition) is 6. The molecule has 0 aliphatic carbocycles. The molecule has 6 nitrogen and oxygen atoms in total. The molecule has 0 saturated heterocycles. The van der Waals surface area contributed by atoms with Crippen LogP contribution < -0.4 is 0 Å². The molecule has 0 bridgehead atoms. The zero-order valence-electron chi connectivity index (χ0n) is 7.62. The molecule has 0 heterocycles. The first-order chi connectivity index (χ1) is 6.54. The number of carbonyl (C=O) groups excluding carboxylic acids is 1. The monoisotopic (exact) mass is 238 g/mol. The molecule has 4 atom stereocenters. The van der Waals surface area contributed by atoms with Gasteiger partial charge in [-0.25, -0.2) is 0 Å². The zero-order valence-corrected chi connectivity index (χ0v) is 10.4. The summed E-state index contributed by atoms with van der Waals surface area (Å²) in [5.41, 5.74) is 0. The van der Waals surface area contributed by atoms with Gasteiger partial charge in [0.05, 0.1) is 6.61 Å². The standard InChI is InChI=1S/C6H12O6.ClH.Na/c7-1-3(9)5(11)6(12)4(10)2-8;;/h1,3-6,8-12H,2H2;1H;/q;;+1/p-1/t3-,4-,5-,6-;;/m1../s1. The van der Waals surface area contributed by atoms with Crippen LogP contribution in [0.2, 0.25) is 0 Å². The molecule has 0 unspecified atom stereocenters. The number of hydrogen-bond donors (Lipinski definition) is 5. The Balaban J connectivity index is 0. The Morgan fingerprint density at radius 3 is 1.86 bits per heavy atom. The van der Waals surface area contributed by atoms with Crippen LogP contribution in [-0.4, -0.2) is 89.5 Å². The quantitative estimate of drug-likeness (QED) is 0.256. The number of rotatable bonds is 5. The van der Waals surface area contributed by atoms with Gasteiger partial charge in [-0.1, -0.05) is 0 Å². The second-order valence-corrected chi connectivity index (χ2v) is 2.36. The van der Waals surface area contributed by atoms with Gasteiger partial charge >= 0.3 is 34.6 Å². The fraction of sp³-hybridized carbons (Fsp3) is 0.833. The van der Waals surface area contributed by atoms with Gasteiger partial charge in [-0.3, -0.25) is 0 Å². The van der Waals surface area contributed by atoms with Crippen LogP contribution >= 0.6 is 7.91 Å². The molecular weight excluding hydrogens is 227 g/mol.